The molecule has 150 valence electrons. The Balaban J connectivity index is 1.26. The summed E-state index contributed by atoms with van der Waals surface area (Å²) in [6.45, 7) is 0.139. The molecule has 1 aromatic carbocycles. The van der Waals surface area contributed by atoms with Crippen LogP contribution in [0.25, 0.3) is 0 Å². The number of benzene rings is 1. The van der Waals surface area contributed by atoms with Crippen molar-refractivity contribution in [1.82, 2.24) is 15.5 Å². The van der Waals surface area contributed by atoms with Crippen molar-refractivity contribution in [1.29, 1.82) is 0 Å². The van der Waals surface area contributed by atoms with Crippen LogP contribution in [0, 0.1) is 0 Å². The smallest absolute Gasteiger partial charge is 0.325 e. The van der Waals surface area contributed by atoms with Gasteiger partial charge in [-0.25, -0.2) is 4.79 Å². The van der Waals surface area contributed by atoms with E-state index < -0.39 is 17.5 Å². The lowest BCUT2D eigenvalue weighted by Crippen LogP contribution is -2.46. The Morgan fingerprint density at radius 2 is 2.10 bits per heavy atom. The minimum Gasteiger partial charge on any atom is -0.454 e. The maximum Gasteiger partial charge on any atom is 0.325 e. The Morgan fingerprint density at radius 3 is 3.00 bits per heavy atom. The topological polar surface area (TPSA) is 97.0 Å². The van der Waals surface area contributed by atoms with E-state index in [-0.39, 0.29) is 25.8 Å². The lowest BCUT2D eigenvalue weighted by atomic mass is 9.80. The van der Waals surface area contributed by atoms with Gasteiger partial charge in [-0.3, -0.25) is 14.5 Å². The average Bonchev–Trinajstić information content (AvgIpc) is 3.43. The largest absolute Gasteiger partial charge is 0.454 e. The molecular weight excluding hydrogens is 394 g/mol. The van der Waals surface area contributed by atoms with Crippen molar-refractivity contribution in [2.75, 3.05) is 13.3 Å². The van der Waals surface area contributed by atoms with Crippen molar-refractivity contribution < 1.29 is 23.9 Å². The predicted molar refractivity (Wildman–Crippen MR) is 104 cm³/mol. The average molecular weight is 413 g/mol. The van der Waals surface area contributed by atoms with E-state index in [1.807, 2.05) is 17.5 Å². The molecule has 0 unspecified atom stereocenters. The molecular formula is C20H19N3O5S. The number of nitrogens with zero attached hydrogens (tertiary/aromatic N) is 1. The normalized spacial score (nSPS) is 22.0. The number of thiophene rings is 1. The zero-order valence-electron chi connectivity index (χ0n) is 15.5. The van der Waals surface area contributed by atoms with E-state index in [4.69, 9.17) is 9.47 Å². The van der Waals surface area contributed by atoms with Crippen LogP contribution in [-0.2, 0) is 28.1 Å². The molecule has 1 aromatic heterocycles. The Hall–Kier alpha value is -3.07. The number of aryl methyl sites for hydroxylation is 1. The van der Waals surface area contributed by atoms with Crippen LogP contribution in [0.5, 0.6) is 11.5 Å². The molecule has 0 bridgehead atoms. The number of amides is 4. The molecule has 5 rings (SSSR count). The maximum absolute atomic E-state index is 13.1. The van der Waals surface area contributed by atoms with E-state index in [0.29, 0.717) is 17.9 Å². The summed E-state index contributed by atoms with van der Waals surface area (Å²) in [7, 11) is 0. The zero-order valence-corrected chi connectivity index (χ0v) is 16.3. The van der Waals surface area contributed by atoms with Crippen molar-refractivity contribution >= 4 is 29.2 Å². The number of ether oxygens (including phenoxy) is 2. The third-order valence-electron chi connectivity index (χ3n) is 5.56. The highest BCUT2D eigenvalue weighted by atomic mass is 32.1. The molecule has 29 heavy (non-hydrogen) atoms. The van der Waals surface area contributed by atoms with Gasteiger partial charge in [0.25, 0.3) is 5.91 Å². The summed E-state index contributed by atoms with van der Waals surface area (Å²) < 4.78 is 10.6. The van der Waals surface area contributed by atoms with Crippen molar-refractivity contribution in [3.05, 3.63) is 45.6 Å². The van der Waals surface area contributed by atoms with Crippen LogP contribution in [0.3, 0.4) is 0 Å². The van der Waals surface area contributed by atoms with Gasteiger partial charge in [-0.15, -0.1) is 11.3 Å². The summed E-state index contributed by atoms with van der Waals surface area (Å²) in [5, 5.41) is 7.55. The van der Waals surface area contributed by atoms with Gasteiger partial charge in [-0.1, -0.05) is 6.07 Å². The quantitative estimate of drug-likeness (QED) is 0.746. The van der Waals surface area contributed by atoms with Crippen LogP contribution in [0.2, 0.25) is 0 Å². The Bertz CT molecular complexity index is 1020. The number of carbonyl (C=O) groups is 3. The second-order valence-electron chi connectivity index (χ2n) is 7.30. The second kappa shape index (κ2) is 6.77. The van der Waals surface area contributed by atoms with E-state index in [0.717, 1.165) is 33.7 Å². The van der Waals surface area contributed by atoms with Crippen LogP contribution < -0.4 is 20.1 Å². The Labute approximate surface area is 170 Å². The molecule has 1 saturated heterocycles. The number of carbonyl (C=O) groups excluding carboxylic acids is 3. The third kappa shape index (κ3) is 2.93. The van der Waals surface area contributed by atoms with Gasteiger partial charge in [-0.05, 0) is 48.4 Å². The number of rotatable bonds is 4. The van der Waals surface area contributed by atoms with Crippen molar-refractivity contribution in [2.45, 2.75) is 31.3 Å². The molecule has 1 aliphatic carbocycles. The minimum atomic E-state index is -1.03. The van der Waals surface area contributed by atoms with Crippen molar-refractivity contribution in [3.8, 4) is 11.5 Å². The van der Waals surface area contributed by atoms with E-state index in [2.05, 4.69) is 10.6 Å². The fourth-order valence-corrected chi connectivity index (χ4v) is 5.14. The van der Waals surface area contributed by atoms with Crippen LogP contribution in [0.4, 0.5) is 4.79 Å². The van der Waals surface area contributed by atoms with Gasteiger partial charge < -0.3 is 20.1 Å². The van der Waals surface area contributed by atoms with Gasteiger partial charge in [0.15, 0.2) is 11.5 Å². The summed E-state index contributed by atoms with van der Waals surface area (Å²) in [5.41, 5.74) is 0.685. The number of fused-ring (bicyclic) bond motifs is 3. The van der Waals surface area contributed by atoms with E-state index in [9.17, 15) is 14.4 Å². The second-order valence-corrected chi connectivity index (χ2v) is 8.30. The number of imide groups is 1. The van der Waals surface area contributed by atoms with E-state index in [1.54, 1.807) is 23.5 Å². The van der Waals surface area contributed by atoms with E-state index in [1.165, 1.54) is 0 Å². The SMILES string of the molecule is O=C(CN1C(=O)N[C@]2(CCCc3sccc32)C1=O)NCc1ccc2c(c1)OCO2. The highest BCUT2D eigenvalue weighted by molar-refractivity contribution is 7.10. The lowest BCUT2D eigenvalue weighted by molar-refractivity contribution is -0.135. The summed E-state index contributed by atoms with van der Waals surface area (Å²) in [6.07, 6.45) is 2.29. The van der Waals surface area contributed by atoms with Crippen molar-refractivity contribution in [2.24, 2.45) is 0 Å². The molecule has 9 heteroatoms. The minimum absolute atomic E-state index is 0.185. The summed E-state index contributed by atoms with van der Waals surface area (Å²) >= 11 is 1.60. The number of hydrogen-bond acceptors (Lipinski definition) is 6. The molecule has 1 spiro atoms. The van der Waals surface area contributed by atoms with Crippen LogP contribution in [0.1, 0.15) is 28.8 Å². The highest BCUT2D eigenvalue weighted by Gasteiger charge is 2.54. The zero-order chi connectivity index (χ0) is 20.0. The first kappa shape index (κ1) is 18.0. The molecule has 8 nitrogen and oxygen atoms in total. The molecule has 1 atom stereocenters. The molecule has 4 amide bonds. The monoisotopic (exact) mass is 413 g/mol. The van der Waals surface area contributed by atoms with E-state index >= 15 is 0 Å². The van der Waals surface area contributed by atoms with Gasteiger partial charge in [0.2, 0.25) is 12.7 Å². The first-order chi connectivity index (χ1) is 14.1. The first-order valence-electron chi connectivity index (χ1n) is 9.43. The summed E-state index contributed by atoms with van der Waals surface area (Å²) in [6, 6.07) is 6.79. The van der Waals surface area contributed by atoms with Gasteiger partial charge >= 0.3 is 6.03 Å². The predicted octanol–water partition coefficient (Wildman–Crippen LogP) is 1.88. The highest BCUT2D eigenvalue weighted by Crippen LogP contribution is 2.42. The molecule has 2 aliphatic heterocycles. The number of hydrogen-bond donors (Lipinski definition) is 2. The van der Waals surface area contributed by atoms with Crippen LogP contribution in [-0.4, -0.2) is 36.1 Å². The fourth-order valence-electron chi connectivity index (χ4n) is 4.14. The number of urea groups is 1. The third-order valence-corrected chi connectivity index (χ3v) is 6.55. The Morgan fingerprint density at radius 1 is 1.24 bits per heavy atom. The summed E-state index contributed by atoms with van der Waals surface area (Å²) in [5.74, 6) is 0.561. The molecule has 0 radical (unpaired) electrons. The van der Waals surface area contributed by atoms with Gasteiger partial charge in [0.1, 0.15) is 12.1 Å². The molecule has 2 aromatic rings. The molecule has 3 aliphatic rings. The molecule has 2 N–H and O–H groups in total. The van der Waals surface area contributed by atoms with Gasteiger partial charge in [-0.2, -0.15) is 0 Å². The lowest BCUT2D eigenvalue weighted by Gasteiger charge is -2.31. The number of nitrogens with one attached hydrogen (secondary N) is 2. The van der Waals surface area contributed by atoms with Crippen LogP contribution >= 0.6 is 11.3 Å². The molecule has 0 saturated carbocycles. The van der Waals surface area contributed by atoms with Gasteiger partial charge in [0.05, 0.1) is 0 Å². The first-order valence-corrected chi connectivity index (χ1v) is 10.3. The molecule has 3 heterocycles. The summed E-state index contributed by atoms with van der Waals surface area (Å²) in [4.78, 5) is 40.2. The standard InChI is InChI=1S/C20H19N3O5S/c24-17(21-9-12-3-4-14-15(8-12)28-11-27-14)10-23-18(25)20(22-19(23)26)6-1-2-16-13(20)5-7-29-16/h3-5,7-8H,1-2,6,9-11H2,(H,21,24)(H,22,26)/t20-/m0/s1. The maximum atomic E-state index is 13.1. The van der Waals surface area contributed by atoms with Crippen LogP contribution in [0.15, 0.2) is 29.6 Å². The fraction of sp³-hybridized carbons (Fsp3) is 0.350. The molecule has 1 fully saturated rings. The van der Waals surface area contributed by atoms with Crippen molar-refractivity contribution in [3.63, 3.8) is 0 Å². The van der Waals surface area contributed by atoms with Gasteiger partial charge in [0, 0.05) is 17.0 Å². The Kier molecular flexibility index (Phi) is 4.20.